The van der Waals surface area contributed by atoms with E-state index in [0.29, 0.717) is 18.3 Å². The van der Waals surface area contributed by atoms with Gasteiger partial charge in [0.2, 0.25) is 0 Å². The lowest BCUT2D eigenvalue weighted by Crippen LogP contribution is -2.19. The molecular weight excluding hydrogens is 332 g/mol. The topological polar surface area (TPSA) is 89.1 Å². The van der Waals surface area contributed by atoms with Crippen molar-refractivity contribution in [1.82, 2.24) is 20.5 Å². The number of nitrogens with zero attached hydrogens (tertiary/aromatic N) is 2. The van der Waals surface area contributed by atoms with Crippen LogP contribution in [0.25, 0.3) is 22.8 Å². The zero-order valence-electron chi connectivity index (χ0n) is 14.7. The highest BCUT2D eigenvalue weighted by atomic mass is 16.5. The maximum absolute atomic E-state index is 11.3. The molecule has 3 aromatic rings. The highest BCUT2D eigenvalue weighted by Gasteiger charge is 2.13. The molecule has 1 heterocycles. The van der Waals surface area contributed by atoms with Crippen molar-refractivity contribution in [3.05, 3.63) is 54.1 Å². The first-order valence-corrected chi connectivity index (χ1v) is 8.29. The number of alkyl carbamates (subject to hydrolysis) is 1. The maximum atomic E-state index is 11.3. The van der Waals surface area contributed by atoms with E-state index < -0.39 is 6.09 Å². The molecule has 0 aliphatic rings. The van der Waals surface area contributed by atoms with E-state index in [1.807, 2.05) is 55.5 Å². The average Bonchev–Trinajstić information content (AvgIpc) is 3.17. The number of hydrogen-bond acceptors (Lipinski definition) is 5. The molecule has 7 nitrogen and oxygen atoms in total. The molecule has 1 aromatic heterocycles. The number of carbonyl (C=O) groups is 1. The van der Waals surface area contributed by atoms with Crippen molar-refractivity contribution < 1.29 is 14.3 Å². The zero-order valence-corrected chi connectivity index (χ0v) is 14.7. The van der Waals surface area contributed by atoms with Crippen molar-refractivity contribution in [2.75, 3.05) is 13.7 Å². The van der Waals surface area contributed by atoms with Crippen LogP contribution in [-0.4, -0.2) is 34.9 Å². The molecule has 0 unspecified atom stereocenters. The molecule has 0 spiro atoms. The van der Waals surface area contributed by atoms with Gasteiger partial charge in [0.1, 0.15) is 12.4 Å². The van der Waals surface area contributed by atoms with Crippen LogP contribution in [0.4, 0.5) is 4.79 Å². The number of nitrogens with one attached hydrogen (secondary N) is 2. The van der Waals surface area contributed by atoms with Crippen LogP contribution in [0.3, 0.4) is 0 Å². The van der Waals surface area contributed by atoms with E-state index in [1.54, 1.807) is 0 Å². The maximum Gasteiger partial charge on any atom is 0.407 e. The summed E-state index contributed by atoms with van der Waals surface area (Å²) in [5, 5.41) is 9.69. The highest BCUT2D eigenvalue weighted by Crippen LogP contribution is 2.25. The fourth-order valence-electron chi connectivity index (χ4n) is 2.50. The Morgan fingerprint density at radius 3 is 2.85 bits per heavy atom. The number of rotatable bonds is 6. The molecule has 0 atom stereocenters. The first-order chi connectivity index (χ1) is 12.7. The Hall–Kier alpha value is -3.35. The number of carbonyl (C=O) groups excluding carboxylic acids is 1. The van der Waals surface area contributed by atoms with Gasteiger partial charge in [0.25, 0.3) is 0 Å². The third-order valence-electron chi connectivity index (χ3n) is 3.72. The quantitative estimate of drug-likeness (QED) is 0.710. The van der Waals surface area contributed by atoms with Gasteiger partial charge in [0, 0.05) is 23.7 Å². The lowest BCUT2D eigenvalue weighted by Gasteiger charge is -2.07. The third kappa shape index (κ3) is 4.00. The van der Waals surface area contributed by atoms with Gasteiger partial charge < -0.3 is 14.8 Å². The number of benzene rings is 2. The van der Waals surface area contributed by atoms with Crippen molar-refractivity contribution in [2.45, 2.75) is 13.5 Å². The molecule has 0 radical (unpaired) electrons. The molecule has 1 amide bonds. The van der Waals surface area contributed by atoms with Gasteiger partial charge in [0.05, 0.1) is 6.61 Å². The van der Waals surface area contributed by atoms with E-state index in [0.717, 1.165) is 22.4 Å². The first kappa shape index (κ1) is 17.5. The van der Waals surface area contributed by atoms with E-state index in [4.69, 9.17) is 9.47 Å². The number of aromatic amines is 1. The molecule has 134 valence electrons. The van der Waals surface area contributed by atoms with Crippen LogP contribution in [-0.2, 0) is 11.3 Å². The van der Waals surface area contributed by atoms with Crippen LogP contribution in [0.15, 0.2) is 48.5 Å². The minimum absolute atomic E-state index is 0.145. The van der Waals surface area contributed by atoms with Gasteiger partial charge in [-0.1, -0.05) is 36.4 Å². The summed E-state index contributed by atoms with van der Waals surface area (Å²) in [6.07, 6.45) is -0.481. The van der Waals surface area contributed by atoms with Gasteiger partial charge >= 0.3 is 6.09 Å². The molecule has 0 aliphatic heterocycles. The van der Waals surface area contributed by atoms with Crippen LogP contribution in [0.5, 0.6) is 5.75 Å². The van der Waals surface area contributed by atoms with Crippen molar-refractivity contribution in [2.24, 2.45) is 0 Å². The van der Waals surface area contributed by atoms with Crippen molar-refractivity contribution in [1.29, 1.82) is 0 Å². The normalized spacial score (nSPS) is 10.4. The van der Waals surface area contributed by atoms with Crippen LogP contribution in [0, 0.1) is 0 Å². The van der Waals surface area contributed by atoms with Gasteiger partial charge in [-0.05, 0) is 19.1 Å². The predicted octanol–water partition coefficient (Wildman–Crippen LogP) is 3.39. The molecule has 0 saturated heterocycles. The molecule has 0 bridgehead atoms. The number of hydrogen-bond donors (Lipinski definition) is 2. The second-order valence-electron chi connectivity index (χ2n) is 5.45. The summed E-state index contributed by atoms with van der Waals surface area (Å²) in [5.41, 5.74) is 2.52. The van der Waals surface area contributed by atoms with Gasteiger partial charge in [-0.15, -0.1) is 0 Å². The molecule has 26 heavy (non-hydrogen) atoms. The van der Waals surface area contributed by atoms with E-state index >= 15 is 0 Å². The Morgan fingerprint density at radius 1 is 1.19 bits per heavy atom. The molecule has 0 aliphatic carbocycles. The fourth-order valence-corrected chi connectivity index (χ4v) is 2.50. The molecule has 0 fully saturated rings. The lowest BCUT2D eigenvalue weighted by atomic mass is 10.1. The number of aromatic nitrogens is 3. The van der Waals surface area contributed by atoms with Gasteiger partial charge in [-0.25, -0.2) is 9.78 Å². The SMILES string of the molecule is CCOc1cccc(-c2n[nH]c(-c3ccccc3COC(=O)NC)n2)c1. The largest absolute Gasteiger partial charge is 0.494 e. The number of amides is 1. The van der Waals surface area contributed by atoms with Crippen LogP contribution < -0.4 is 10.1 Å². The summed E-state index contributed by atoms with van der Waals surface area (Å²) in [5.74, 6) is 1.96. The van der Waals surface area contributed by atoms with Crippen LogP contribution >= 0.6 is 0 Å². The lowest BCUT2D eigenvalue weighted by molar-refractivity contribution is 0.142. The van der Waals surface area contributed by atoms with E-state index in [2.05, 4.69) is 20.5 Å². The standard InChI is InChI=1S/C19H20N4O3/c1-3-25-15-9-6-8-13(11-15)17-21-18(23-22-17)16-10-5-4-7-14(16)12-26-19(24)20-2/h4-11H,3,12H2,1-2H3,(H,20,24)(H,21,22,23). The Labute approximate surface area is 151 Å². The molecular formula is C19H20N4O3. The monoisotopic (exact) mass is 352 g/mol. The zero-order chi connectivity index (χ0) is 18.4. The summed E-state index contributed by atoms with van der Waals surface area (Å²) in [7, 11) is 1.52. The molecule has 0 saturated carbocycles. The van der Waals surface area contributed by atoms with E-state index in [1.165, 1.54) is 7.05 Å². The molecule has 3 rings (SSSR count). The van der Waals surface area contributed by atoms with Crippen molar-refractivity contribution in [3.63, 3.8) is 0 Å². The smallest absolute Gasteiger partial charge is 0.407 e. The predicted molar refractivity (Wildman–Crippen MR) is 97.7 cm³/mol. The van der Waals surface area contributed by atoms with Crippen LogP contribution in [0.2, 0.25) is 0 Å². The summed E-state index contributed by atoms with van der Waals surface area (Å²) in [4.78, 5) is 15.9. The Kier molecular flexibility index (Phi) is 5.48. The molecule has 7 heteroatoms. The number of ether oxygens (including phenoxy) is 2. The summed E-state index contributed by atoms with van der Waals surface area (Å²) in [6.45, 7) is 2.68. The van der Waals surface area contributed by atoms with Gasteiger partial charge in [-0.2, -0.15) is 5.10 Å². The fraction of sp³-hybridized carbons (Fsp3) is 0.211. The van der Waals surface area contributed by atoms with Crippen LogP contribution in [0.1, 0.15) is 12.5 Å². The molecule has 2 N–H and O–H groups in total. The summed E-state index contributed by atoms with van der Waals surface area (Å²) in [6, 6.07) is 15.2. The minimum Gasteiger partial charge on any atom is -0.494 e. The van der Waals surface area contributed by atoms with Gasteiger partial charge in [-0.3, -0.25) is 5.10 Å². The Morgan fingerprint density at radius 2 is 2.04 bits per heavy atom. The second kappa shape index (κ2) is 8.15. The second-order valence-corrected chi connectivity index (χ2v) is 5.45. The van der Waals surface area contributed by atoms with Crippen molar-refractivity contribution in [3.8, 4) is 28.5 Å². The Balaban J connectivity index is 1.86. The van der Waals surface area contributed by atoms with E-state index in [9.17, 15) is 4.79 Å². The summed E-state index contributed by atoms with van der Waals surface area (Å²) < 4.78 is 10.7. The molecule has 2 aromatic carbocycles. The Bertz CT molecular complexity index is 892. The number of H-pyrrole nitrogens is 1. The highest BCUT2D eigenvalue weighted by molar-refractivity contribution is 5.68. The van der Waals surface area contributed by atoms with Gasteiger partial charge in [0.15, 0.2) is 11.6 Å². The third-order valence-corrected chi connectivity index (χ3v) is 3.72. The van der Waals surface area contributed by atoms with Crippen molar-refractivity contribution >= 4 is 6.09 Å². The first-order valence-electron chi connectivity index (χ1n) is 8.29. The minimum atomic E-state index is -0.481. The average molecular weight is 352 g/mol. The van der Waals surface area contributed by atoms with E-state index in [-0.39, 0.29) is 6.61 Å². The summed E-state index contributed by atoms with van der Waals surface area (Å²) >= 11 is 0.